The van der Waals surface area contributed by atoms with Crippen molar-refractivity contribution >= 4 is 24.4 Å². The molecule has 2 atom stereocenters. The lowest BCUT2D eigenvalue weighted by molar-refractivity contribution is -0.146. The molecule has 0 aliphatic rings. The van der Waals surface area contributed by atoms with Gasteiger partial charge in [-0.2, -0.15) is 0 Å². The Labute approximate surface area is 147 Å². The van der Waals surface area contributed by atoms with Crippen LogP contribution in [0, 0.1) is 0 Å². The SMILES string of the molecule is C=CCC(=O)OC.COC(=O)CC(C)O.COC(=O)CC(C)OC=O. The minimum Gasteiger partial charge on any atom is -0.469 e. The Kier molecular flexibility index (Phi) is 21.5. The second-order valence-electron chi connectivity index (χ2n) is 4.52. The molecule has 0 heterocycles. The van der Waals surface area contributed by atoms with Crippen LogP contribution in [-0.4, -0.2) is 63.0 Å². The summed E-state index contributed by atoms with van der Waals surface area (Å²) < 4.78 is 17.3. The average Bonchev–Trinajstić information content (AvgIpc) is 2.55. The maximum absolute atomic E-state index is 10.5. The van der Waals surface area contributed by atoms with Gasteiger partial charge in [-0.15, -0.1) is 6.58 Å². The number of ether oxygens (including phenoxy) is 4. The number of hydrogen-bond donors (Lipinski definition) is 1. The van der Waals surface area contributed by atoms with Crippen LogP contribution in [0.15, 0.2) is 12.7 Å². The van der Waals surface area contributed by atoms with Crippen molar-refractivity contribution < 1.29 is 43.2 Å². The number of rotatable bonds is 8. The molecule has 0 saturated carbocycles. The lowest BCUT2D eigenvalue weighted by atomic mass is 10.3. The Hall–Kier alpha value is -2.42. The van der Waals surface area contributed by atoms with E-state index in [9.17, 15) is 19.2 Å². The molecule has 0 aromatic carbocycles. The van der Waals surface area contributed by atoms with Crippen molar-refractivity contribution in [3.63, 3.8) is 0 Å². The Morgan fingerprint density at radius 2 is 1.40 bits per heavy atom. The molecule has 0 bridgehead atoms. The number of carbonyl (C=O) groups is 4. The zero-order valence-electron chi connectivity index (χ0n) is 15.4. The highest BCUT2D eigenvalue weighted by Gasteiger charge is 2.08. The van der Waals surface area contributed by atoms with Crippen molar-refractivity contribution in [1.29, 1.82) is 0 Å². The Balaban J connectivity index is -0.000000296. The highest BCUT2D eigenvalue weighted by molar-refractivity contribution is 5.70. The van der Waals surface area contributed by atoms with Crippen LogP contribution in [0.1, 0.15) is 33.1 Å². The van der Waals surface area contributed by atoms with Gasteiger partial charge in [0.1, 0.15) is 6.10 Å². The van der Waals surface area contributed by atoms with Crippen LogP contribution < -0.4 is 0 Å². The summed E-state index contributed by atoms with van der Waals surface area (Å²) in [7, 11) is 3.94. The van der Waals surface area contributed by atoms with E-state index >= 15 is 0 Å². The van der Waals surface area contributed by atoms with Gasteiger partial charge in [-0.25, -0.2) is 0 Å². The van der Waals surface area contributed by atoms with Gasteiger partial charge >= 0.3 is 17.9 Å². The van der Waals surface area contributed by atoms with Gasteiger partial charge in [0.25, 0.3) is 6.47 Å². The van der Waals surface area contributed by atoms with Crippen LogP contribution in [-0.2, 0) is 38.1 Å². The van der Waals surface area contributed by atoms with Crippen molar-refractivity contribution in [3.05, 3.63) is 12.7 Å². The van der Waals surface area contributed by atoms with Gasteiger partial charge in [-0.3, -0.25) is 19.2 Å². The van der Waals surface area contributed by atoms with E-state index in [1.54, 1.807) is 6.92 Å². The molecule has 0 rings (SSSR count). The third-order valence-corrected chi connectivity index (χ3v) is 2.20. The van der Waals surface area contributed by atoms with Crippen LogP contribution in [0.25, 0.3) is 0 Å². The average molecular weight is 364 g/mol. The fraction of sp³-hybridized carbons (Fsp3) is 0.625. The Morgan fingerprint density at radius 3 is 1.64 bits per heavy atom. The maximum atomic E-state index is 10.5. The molecule has 0 radical (unpaired) electrons. The fourth-order valence-electron chi connectivity index (χ4n) is 0.987. The highest BCUT2D eigenvalue weighted by Crippen LogP contribution is 1.96. The minimum atomic E-state index is -0.595. The first kappa shape index (κ1) is 27.4. The molecule has 0 spiro atoms. The van der Waals surface area contributed by atoms with E-state index in [2.05, 4.69) is 25.5 Å². The van der Waals surface area contributed by atoms with Crippen molar-refractivity contribution in [3.8, 4) is 0 Å². The molecule has 0 amide bonds. The van der Waals surface area contributed by atoms with Crippen LogP contribution in [0.5, 0.6) is 0 Å². The van der Waals surface area contributed by atoms with Gasteiger partial charge in [-0.05, 0) is 13.8 Å². The van der Waals surface area contributed by atoms with Gasteiger partial charge in [0.15, 0.2) is 0 Å². The van der Waals surface area contributed by atoms with Gasteiger partial charge in [0.05, 0.1) is 46.7 Å². The summed E-state index contributed by atoms with van der Waals surface area (Å²) in [5.41, 5.74) is 0. The Morgan fingerprint density at radius 1 is 0.960 bits per heavy atom. The van der Waals surface area contributed by atoms with Crippen LogP contribution in [0.3, 0.4) is 0 Å². The summed E-state index contributed by atoms with van der Waals surface area (Å²) in [5, 5.41) is 8.55. The number of aliphatic hydroxyl groups excluding tert-OH is 1. The first-order valence-electron chi connectivity index (χ1n) is 7.26. The van der Waals surface area contributed by atoms with E-state index in [0.29, 0.717) is 12.9 Å². The van der Waals surface area contributed by atoms with Gasteiger partial charge in [-0.1, -0.05) is 6.08 Å². The molecule has 9 heteroatoms. The summed E-state index contributed by atoms with van der Waals surface area (Å²) in [4.78, 5) is 40.5. The molecule has 9 nitrogen and oxygen atoms in total. The largest absolute Gasteiger partial charge is 0.469 e. The van der Waals surface area contributed by atoms with Crippen LogP contribution in [0.2, 0.25) is 0 Å². The first-order valence-corrected chi connectivity index (χ1v) is 7.26. The normalized spacial score (nSPS) is 11.0. The summed E-state index contributed by atoms with van der Waals surface area (Å²) in [6.07, 6.45) is 1.00. The zero-order valence-corrected chi connectivity index (χ0v) is 15.4. The number of hydrogen-bond acceptors (Lipinski definition) is 9. The van der Waals surface area contributed by atoms with Crippen molar-refractivity contribution in [2.24, 2.45) is 0 Å². The predicted molar refractivity (Wildman–Crippen MR) is 88.4 cm³/mol. The molecule has 0 saturated heterocycles. The molecule has 2 unspecified atom stereocenters. The molecule has 1 N–H and O–H groups in total. The third-order valence-electron chi connectivity index (χ3n) is 2.20. The van der Waals surface area contributed by atoms with E-state index in [1.165, 1.54) is 34.3 Å². The molecule has 0 aliphatic heterocycles. The maximum Gasteiger partial charge on any atom is 0.309 e. The number of aliphatic hydroxyl groups is 1. The summed E-state index contributed by atoms with van der Waals surface area (Å²) >= 11 is 0. The van der Waals surface area contributed by atoms with E-state index in [4.69, 9.17) is 5.11 Å². The fourth-order valence-corrected chi connectivity index (χ4v) is 0.987. The van der Waals surface area contributed by atoms with E-state index < -0.39 is 12.2 Å². The molecule has 146 valence electrons. The van der Waals surface area contributed by atoms with Crippen molar-refractivity contribution in [2.75, 3.05) is 21.3 Å². The smallest absolute Gasteiger partial charge is 0.309 e. The molecule has 0 fully saturated rings. The monoisotopic (exact) mass is 364 g/mol. The minimum absolute atomic E-state index is 0.0799. The number of methoxy groups -OCH3 is 3. The molecular formula is C16H28O9. The lowest BCUT2D eigenvalue weighted by Gasteiger charge is -2.05. The summed E-state index contributed by atoms with van der Waals surface area (Å²) in [5.74, 6) is -0.996. The standard InChI is InChI=1S/C6H10O4.C5H10O3.C5H8O2/c1-5(10-4-7)3-6(8)9-2;1-4(6)3-5(7)8-2;1-3-4-5(6)7-2/h4-5H,3H2,1-2H3;4,6H,3H2,1-2H3;3H,1,4H2,2H3. The Bertz CT molecular complexity index is 391. The molecule has 0 aliphatic carbocycles. The highest BCUT2D eigenvalue weighted by atomic mass is 16.5. The molecular weight excluding hydrogens is 336 g/mol. The zero-order chi connectivity index (χ0) is 20.3. The second kappa shape index (κ2) is 19.6. The topological polar surface area (TPSA) is 125 Å². The lowest BCUT2D eigenvalue weighted by Crippen LogP contribution is -2.14. The number of esters is 3. The van der Waals surface area contributed by atoms with Crippen molar-refractivity contribution in [2.45, 2.75) is 45.3 Å². The second-order valence-corrected chi connectivity index (χ2v) is 4.52. The van der Waals surface area contributed by atoms with Gasteiger partial charge in [0.2, 0.25) is 0 Å². The molecule has 0 aromatic heterocycles. The van der Waals surface area contributed by atoms with Crippen molar-refractivity contribution in [1.82, 2.24) is 0 Å². The molecule has 25 heavy (non-hydrogen) atoms. The van der Waals surface area contributed by atoms with Crippen LogP contribution in [0.4, 0.5) is 0 Å². The first-order chi connectivity index (χ1) is 11.7. The van der Waals surface area contributed by atoms with Gasteiger partial charge < -0.3 is 24.1 Å². The van der Waals surface area contributed by atoms with E-state index in [1.807, 2.05) is 0 Å². The van der Waals surface area contributed by atoms with Gasteiger partial charge in [0, 0.05) is 0 Å². The van der Waals surface area contributed by atoms with Crippen LogP contribution >= 0.6 is 0 Å². The quantitative estimate of drug-likeness (QED) is 0.288. The van der Waals surface area contributed by atoms with E-state index in [0.717, 1.165) is 0 Å². The number of carbonyl (C=O) groups excluding carboxylic acids is 4. The van der Waals surface area contributed by atoms with E-state index in [-0.39, 0.29) is 30.7 Å². The molecule has 0 aromatic rings. The summed E-state index contributed by atoms with van der Waals surface area (Å²) in [6.45, 7) is 6.82. The summed E-state index contributed by atoms with van der Waals surface area (Å²) in [6, 6.07) is 0. The predicted octanol–water partition coefficient (Wildman–Crippen LogP) is 0.777. The third kappa shape index (κ3) is 26.8.